The lowest BCUT2D eigenvalue weighted by atomic mass is 9.96. The van der Waals surface area contributed by atoms with Crippen molar-refractivity contribution in [2.24, 2.45) is 5.92 Å². The highest BCUT2D eigenvalue weighted by atomic mass is 32.1. The van der Waals surface area contributed by atoms with Crippen molar-refractivity contribution in [2.75, 3.05) is 13.1 Å². The lowest BCUT2D eigenvalue weighted by Gasteiger charge is -2.13. The van der Waals surface area contributed by atoms with E-state index in [-0.39, 0.29) is 5.41 Å². The van der Waals surface area contributed by atoms with Crippen LogP contribution in [0.15, 0.2) is 0 Å². The van der Waals surface area contributed by atoms with Gasteiger partial charge in [0.25, 0.3) is 0 Å². The number of hydrogen-bond acceptors (Lipinski definition) is 5. The van der Waals surface area contributed by atoms with Crippen LogP contribution >= 0.6 is 11.3 Å². The van der Waals surface area contributed by atoms with Gasteiger partial charge in [0.2, 0.25) is 4.96 Å². The number of nitrogens with zero attached hydrogens (tertiary/aromatic N) is 4. The zero-order valence-electron chi connectivity index (χ0n) is 11.8. The predicted molar refractivity (Wildman–Crippen MR) is 76.7 cm³/mol. The van der Waals surface area contributed by atoms with Gasteiger partial charge >= 0.3 is 0 Å². The van der Waals surface area contributed by atoms with E-state index < -0.39 is 0 Å². The SMILES string of the molecule is CC(C)(C)c1nnc2sc(CCC3CCNC3)nn12. The van der Waals surface area contributed by atoms with Gasteiger partial charge in [0, 0.05) is 11.8 Å². The van der Waals surface area contributed by atoms with E-state index in [9.17, 15) is 0 Å². The summed E-state index contributed by atoms with van der Waals surface area (Å²) in [5.41, 5.74) is -0.0138. The fraction of sp³-hybridized carbons (Fsp3) is 0.769. The Bertz CT molecular complexity index is 559. The molecule has 1 fully saturated rings. The van der Waals surface area contributed by atoms with Gasteiger partial charge in [0.05, 0.1) is 0 Å². The molecule has 1 unspecified atom stereocenters. The summed E-state index contributed by atoms with van der Waals surface area (Å²) in [6, 6.07) is 0. The molecular formula is C13H21N5S. The molecule has 19 heavy (non-hydrogen) atoms. The van der Waals surface area contributed by atoms with Gasteiger partial charge in [0.15, 0.2) is 5.82 Å². The van der Waals surface area contributed by atoms with Gasteiger partial charge in [-0.1, -0.05) is 32.1 Å². The molecule has 0 aromatic carbocycles. The van der Waals surface area contributed by atoms with Crippen LogP contribution in [0.5, 0.6) is 0 Å². The minimum Gasteiger partial charge on any atom is -0.316 e. The maximum atomic E-state index is 4.69. The van der Waals surface area contributed by atoms with Crippen molar-refractivity contribution in [1.82, 2.24) is 25.1 Å². The van der Waals surface area contributed by atoms with E-state index in [1.54, 1.807) is 11.3 Å². The smallest absolute Gasteiger partial charge is 0.234 e. The van der Waals surface area contributed by atoms with E-state index in [0.717, 1.165) is 29.7 Å². The molecule has 3 heterocycles. The van der Waals surface area contributed by atoms with E-state index in [4.69, 9.17) is 0 Å². The molecule has 1 aliphatic heterocycles. The standard InChI is InChI=1S/C13H21N5S/c1-13(2,3)11-15-16-12-18(11)17-10(19-12)5-4-9-6-7-14-8-9/h9,14H,4-8H2,1-3H3. The van der Waals surface area contributed by atoms with E-state index in [2.05, 4.69) is 41.4 Å². The van der Waals surface area contributed by atoms with Gasteiger partial charge in [-0.25, -0.2) is 0 Å². The molecule has 0 radical (unpaired) electrons. The molecule has 3 rings (SSSR count). The molecule has 0 bridgehead atoms. The Morgan fingerprint density at radius 2 is 2.21 bits per heavy atom. The highest BCUT2D eigenvalue weighted by molar-refractivity contribution is 7.16. The quantitative estimate of drug-likeness (QED) is 0.934. The van der Waals surface area contributed by atoms with Gasteiger partial charge in [-0.2, -0.15) is 9.61 Å². The Labute approximate surface area is 117 Å². The largest absolute Gasteiger partial charge is 0.316 e. The topological polar surface area (TPSA) is 55.1 Å². The molecule has 104 valence electrons. The predicted octanol–water partition coefficient (Wildman–Crippen LogP) is 2.03. The summed E-state index contributed by atoms with van der Waals surface area (Å²) >= 11 is 1.68. The first-order valence-electron chi connectivity index (χ1n) is 6.96. The van der Waals surface area contributed by atoms with Crippen LogP contribution in [0, 0.1) is 5.92 Å². The van der Waals surface area contributed by atoms with E-state index in [0.29, 0.717) is 0 Å². The molecule has 1 N–H and O–H groups in total. The van der Waals surface area contributed by atoms with Crippen LogP contribution < -0.4 is 5.32 Å². The van der Waals surface area contributed by atoms with Gasteiger partial charge in [-0.15, -0.1) is 10.2 Å². The first-order chi connectivity index (χ1) is 9.04. The normalized spacial score (nSPS) is 20.5. The third kappa shape index (κ3) is 2.65. The van der Waals surface area contributed by atoms with E-state index in [1.165, 1.54) is 24.4 Å². The monoisotopic (exact) mass is 279 g/mol. The molecule has 5 nitrogen and oxygen atoms in total. The van der Waals surface area contributed by atoms with Gasteiger partial charge < -0.3 is 5.32 Å². The molecular weight excluding hydrogens is 258 g/mol. The maximum Gasteiger partial charge on any atom is 0.234 e. The Kier molecular flexibility index (Phi) is 3.30. The summed E-state index contributed by atoms with van der Waals surface area (Å²) in [6.45, 7) is 8.77. The minimum atomic E-state index is -0.0138. The molecule has 2 aromatic rings. The highest BCUT2D eigenvalue weighted by Gasteiger charge is 2.23. The fourth-order valence-corrected chi connectivity index (χ4v) is 3.36. The van der Waals surface area contributed by atoms with E-state index in [1.807, 2.05) is 4.52 Å². The first kappa shape index (κ1) is 13.0. The van der Waals surface area contributed by atoms with Crippen LogP contribution in [0.1, 0.15) is 44.4 Å². The Morgan fingerprint density at radius 3 is 2.89 bits per heavy atom. The zero-order valence-corrected chi connectivity index (χ0v) is 12.6. The summed E-state index contributed by atoms with van der Waals surface area (Å²) in [5.74, 6) is 1.77. The van der Waals surface area contributed by atoms with Crippen molar-refractivity contribution >= 4 is 16.3 Å². The van der Waals surface area contributed by atoms with E-state index >= 15 is 0 Å². The third-order valence-electron chi connectivity index (χ3n) is 3.63. The minimum absolute atomic E-state index is 0.0138. The van der Waals surface area contributed by atoms with Crippen LogP contribution in [0.3, 0.4) is 0 Å². The molecule has 0 spiro atoms. The molecule has 6 heteroatoms. The Hall–Kier alpha value is -1.01. The van der Waals surface area contributed by atoms with Crippen molar-refractivity contribution in [1.29, 1.82) is 0 Å². The lowest BCUT2D eigenvalue weighted by Crippen LogP contribution is -2.16. The van der Waals surface area contributed by atoms with Gasteiger partial charge in [-0.3, -0.25) is 0 Å². The zero-order chi connectivity index (χ0) is 13.5. The summed E-state index contributed by atoms with van der Waals surface area (Å²) in [6.07, 6.45) is 3.59. The fourth-order valence-electron chi connectivity index (χ4n) is 2.51. The lowest BCUT2D eigenvalue weighted by molar-refractivity contribution is 0.517. The van der Waals surface area contributed by atoms with Crippen molar-refractivity contribution in [3.8, 4) is 0 Å². The molecule has 1 atom stereocenters. The number of rotatable bonds is 3. The Balaban J connectivity index is 1.76. The molecule has 2 aromatic heterocycles. The Morgan fingerprint density at radius 1 is 1.37 bits per heavy atom. The van der Waals surface area contributed by atoms with Crippen molar-refractivity contribution in [3.63, 3.8) is 0 Å². The van der Waals surface area contributed by atoms with Crippen LogP contribution in [0.2, 0.25) is 0 Å². The van der Waals surface area contributed by atoms with Crippen LogP contribution in [-0.2, 0) is 11.8 Å². The first-order valence-corrected chi connectivity index (χ1v) is 7.78. The molecule has 0 amide bonds. The average molecular weight is 279 g/mol. The maximum absolute atomic E-state index is 4.69. The second-order valence-corrected chi connectivity index (χ2v) is 7.40. The average Bonchev–Trinajstić information content (AvgIpc) is 3.00. The summed E-state index contributed by atoms with van der Waals surface area (Å²) in [7, 11) is 0. The van der Waals surface area contributed by atoms with Crippen LogP contribution in [0.4, 0.5) is 0 Å². The second kappa shape index (κ2) is 4.83. The van der Waals surface area contributed by atoms with Crippen LogP contribution in [-0.4, -0.2) is 32.9 Å². The van der Waals surface area contributed by atoms with Crippen molar-refractivity contribution < 1.29 is 0 Å². The van der Waals surface area contributed by atoms with Gasteiger partial charge in [-0.05, 0) is 31.8 Å². The van der Waals surface area contributed by atoms with Crippen LogP contribution in [0.25, 0.3) is 4.96 Å². The molecule has 1 saturated heterocycles. The highest BCUT2D eigenvalue weighted by Crippen LogP contribution is 2.24. The number of nitrogens with one attached hydrogen (secondary N) is 1. The van der Waals surface area contributed by atoms with Gasteiger partial charge in [0.1, 0.15) is 5.01 Å². The summed E-state index contributed by atoms with van der Waals surface area (Å²) in [4.78, 5) is 0.921. The molecule has 1 aliphatic rings. The third-order valence-corrected chi connectivity index (χ3v) is 4.59. The van der Waals surface area contributed by atoms with Crippen molar-refractivity contribution in [3.05, 3.63) is 10.8 Å². The number of aromatic nitrogens is 4. The number of fused-ring (bicyclic) bond motifs is 1. The van der Waals surface area contributed by atoms with Crippen molar-refractivity contribution in [2.45, 2.75) is 45.4 Å². The summed E-state index contributed by atoms with van der Waals surface area (Å²) in [5, 5.41) is 17.8. The molecule has 0 saturated carbocycles. The second-order valence-electron chi connectivity index (χ2n) is 6.36. The number of aryl methyl sites for hydroxylation is 1. The number of hydrogen-bond donors (Lipinski definition) is 1. The molecule has 0 aliphatic carbocycles. The summed E-state index contributed by atoms with van der Waals surface area (Å²) < 4.78 is 1.92.